The number of aryl methyl sites for hydroxylation is 1. The Morgan fingerprint density at radius 3 is 2.75 bits per heavy atom. The maximum Gasteiger partial charge on any atom is 0.262 e. The molecule has 0 aliphatic carbocycles. The van der Waals surface area contributed by atoms with Crippen molar-refractivity contribution in [3.05, 3.63) is 48.0 Å². The summed E-state index contributed by atoms with van der Waals surface area (Å²) >= 11 is 0. The molecule has 0 fully saturated rings. The molecule has 1 heterocycles. The second-order valence-corrected chi connectivity index (χ2v) is 6.76. The second kappa shape index (κ2) is 9.26. The molecule has 0 radical (unpaired) electrons. The monoisotopic (exact) mass is 382 g/mol. The molecule has 0 atom stereocenters. The molecule has 1 N–H and O–H groups in total. The fraction of sp³-hybridized carbons (Fsp3) is 0.364. The van der Waals surface area contributed by atoms with E-state index >= 15 is 0 Å². The summed E-state index contributed by atoms with van der Waals surface area (Å²) in [5, 5.41) is 2.86. The molecule has 2 aromatic carbocycles. The molecule has 0 saturated carbocycles. The van der Waals surface area contributed by atoms with Crippen LogP contribution in [0.4, 0.5) is 11.4 Å². The first-order valence-corrected chi connectivity index (χ1v) is 9.60. The number of hydrogen-bond donors (Lipinski definition) is 1. The second-order valence-electron chi connectivity index (χ2n) is 6.76. The number of hydrogen-bond acceptors (Lipinski definition) is 4. The Bertz CT molecular complexity index is 850. The fourth-order valence-electron chi connectivity index (χ4n) is 3.24. The van der Waals surface area contributed by atoms with Gasteiger partial charge in [-0.1, -0.05) is 19.4 Å². The highest BCUT2D eigenvalue weighted by Crippen LogP contribution is 2.30. The summed E-state index contributed by atoms with van der Waals surface area (Å²) in [5.41, 5.74) is 2.75. The average Bonchev–Trinajstić information content (AvgIpc) is 2.72. The van der Waals surface area contributed by atoms with Crippen molar-refractivity contribution in [2.24, 2.45) is 0 Å². The van der Waals surface area contributed by atoms with Gasteiger partial charge in [-0.15, -0.1) is 0 Å². The van der Waals surface area contributed by atoms with E-state index in [0.717, 1.165) is 30.6 Å². The van der Waals surface area contributed by atoms with Gasteiger partial charge in [0, 0.05) is 30.4 Å². The number of anilines is 2. The summed E-state index contributed by atoms with van der Waals surface area (Å²) in [6, 6.07) is 12.8. The van der Waals surface area contributed by atoms with E-state index in [4.69, 9.17) is 9.47 Å². The predicted molar refractivity (Wildman–Crippen MR) is 109 cm³/mol. The summed E-state index contributed by atoms with van der Waals surface area (Å²) in [4.78, 5) is 26.3. The van der Waals surface area contributed by atoms with Crippen LogP contribution in [-0.4, -0.2) is 32.1 Å². The van der Waals surface area contributed by atoms with E-state index in [9.17, 15) is 9.59 Å². The first-order valence-electron chi connectivity index (χ1n) is 9.60. The van der Waals surface area contributed by atoms with Crippen LogP contribution in [0.3, 0.4) is 0 Å². The largest absolute Gasteiger partial charge is 0.497 e. The minimum Gasteiger partial charge on any atom is -0.497 e. The summed E-state index contributed by atoms with van der Waals surface area (Å²) in [6.07, 6.45) is 3.22. The molecule has 0 spiro atoms. The highest BCUT2D eigenvalue weighted by molar-refractivity contribution is 5.97. The van der Waals surface area contributed by atoms with Crippen LogP contribution in [0, 0.1) is 0 Å². The molecule has 2 aromatic rings. The summed E-state index contributed by atoms with van der Waals surface area (Å²) in [7, 11) is 1.58. The first-order chi connectivity index (χ1) is 13.6. The smallest absolute Gasteiger partial charge is 0.262 e. The van der Waals surface area contributed by atoms with Crippen molar-refractivity contribution in [2.45, 2.75) is 32.6 Å². The number of carbonyl (C=O) groups excluding carboxylic acids is 2. The third-order valence-corrected chi connectivity index (χ3v) is 4.71. The van der Waals surface area contributed by atoms with Gasteiger partial charge in [0.2, 0.25) is 5.91 Å². The minimum atomic E-state index is -0.238. The molecule has 1 aliphatic rings. The lowest BCUT2D eigenvalue weighted by atomic mass is 10.00. The van der Waals surface area contributed by atoms with Crippen LogP contribution in [0.5, 0.6) is 11.5 Å². The van der Waals surface area contributed by atoms with Crippen molar-refractivity contribution < 1.29 is 19.1 Å². The molecule has 1 aliphatic heterocycles. The third-order valence-electron chi connectivity index (χ3n) is 4.71. The molecule has 6 nitrogen and oxygen atoms in total. The Morgan fingerprint density at radius 2 is 1.96 bits per heavy atom. The van der Waals surface area contributed by atoms with Crippen molar-refractivity contribution >= 4 is 23.2 Å². The zero-order valence-corrected chi connectivity index (χ0v) is 16.4. The maximum absolute atomic E-state index is 12.2. The van der Waals surface area contributed by atoms with Gasteiger partial charge in [-0.25, -0.2) is 0 Å². The number of benzene rings is 2. The van der Waals surface area contributed by atoms with Gasteiger partial charge in [-0.3, -0.25) is 9.59 Å². The van der Waals surface area contributed by atoms with Gasteiger partial charge >= 0.3 is 0 Å². The Hall–Kier alpha value is -3.02. The van der Waals surface area contributed by atoms with Crippen LogP contribution in [-0.2, 0) is 16.0 Å². The highest BCUT2D eigenvalue weighted by Gasteiger charge is 2.23. The number of carbonyl (C=O) groups is 2. The van der Waals surface area contributed by atoms with Crippen molar-refractivity contribution in [1.82, 2.24) is 0 Å². The standard InChI is InChI=1S/C22H26N2O4/c1-3-4-12-24-20-10-9-17(13-16(20)8-11-22(24)26)23-21(25)15-28-19-7-5-6-18(14-19)27-2/h5-7,9-10,13-14H,3-4,8,11-12,15H2,1-2H3,(H,23,25). The van der Waals surface area contributed by atoms with E-state index < -0.39 is 0 Å². The van der Waals surface area contributed by atoms with Crippen molar-refractivity contribution in [3.8, 4) is 11.5 Å². The molecule has 0 aromatic heterocycles. The third kappa shape index (κ3) is 4.82. The molecule has 3 rings (SSSR count). The van der Waals surface area contributed by atoms with Crippen LogP contribution < -0.4 is 19.7 Å². The molecular weight excluding hydrogens is 356 g/mol. The lowest BCUT2D eigenvalue weighted by Gasteiger charge is -2.29. The maximum atomic E-state index is 12.2. The van der Waals surface area contributed by atoms with E-state index in [1.54, 1.807) is 25.3 Å². The number of ether oxygens (including phenoxy) is 2. The van der Waals surface area contributed by atoms with E-state index in [0.29, 0.717) is 30.0 Å². The molecule has 0 saturated heterocycles. The van der Waals surface area contributed by atoms with Gasteiger partial charge < -0.3 is 19.7 Å². The number of rotatable bonds is 8. The van der Waals surface area contributed by atoms with Gasteiger partial charge in [0.25, 0.3) is 5.91 Å². The van der Waals surface area contributed by atoms with Crippen LogP contribution in [0.1, 0.15) is 31.7 Å². The van der Waals surface area contributed by atoms with Crippen LogP contribution >= 0.6 is 0 Å². The Labute approximate surface area is 165 Å². The van der Waals surface area contributed by atoms with Gasteiger partial charge in [-0.2, -0.15) is 0 Å². The van der Waals surface area contributed by atoms with E-state index in [1.807, 2.05) is 29.2 Å². The molecule has 2 amide bonds. The van der Waals surface area contributed by atoms with Gasteiger partial charge in [0.1, 0.15) is 11.5 Å². The van der Waals surface area contributed by atoms with Crippen LogP contribution in [0.25, 0.3) is 0 Å². The number of nitrogens with zero attached hydrogens (tertiary/aromatic N) is 1. The lowest BCUT2D eigenvalue weighted by Crippen LogP contribution is -2.35. The quantitative estimate of drug-likeness (QED) is 0.754. The number of amides is 2. The minimum absolute atomic E-state index is 0.0919. The normalized spacial score (nSPS) is 13.1. The van der Waals surface area contributed by atoms with Gasteiger partial charge in [0.05, 0.1) is 7.11 Å². The first kappa shape index (κ1) is 19.7. The summed E-state index contributed by atoms with van der Waals surface area (Å²) < 4.78 is 10.7. The molecular formula is C22H26N2O4. The highest BCUT2D eigenvalue weighted by atomic mass is 16.5. The SMILES string of the molecule is CCCCN1C(=O)CCc2cc(NC(=O)COc3cccc(OC)c3)ccc21. The molecule has 0 bridgehead atoms. The fourth-order valence-corrected chi connectivity index (χ4v) is 3.24. The number of methoxy groups -OCH3 is 1. The molecule has 0 unspecified atom stereocenters. The van der Waals surface area contributed by atoms with E-state index in [2.05, 4.69) is 12.2 Å². The van der Waals surface area contributed by atoms with Crippen molar-refractivity contribution in [1.29, 1.82) is 0 Å². The lowest BCUT2D eigenvalue weighted by molar-refractivity contribution is -0.119. The Morgan fingerprint density at radius 1 is 1.14 bits per heavy atom. The zero-order valence-electron chi connectivity index (χ0n) is 16.4. The molecule has 6 heteroatoms. The predicted octanol–water partition coefficient (Wildman–Crippen LogP) is 3.79. The van der Waals surface area contributed by atoms with Gasteiger partial charge in [-0.05, 0) is 48.7 Å². The van der Waals surface area contributed by atoms with Crippen molar-refractivity contribution in [2.75, 3.05) is 30.5 Å². The summed E-state index contributed by atoms with van der Waals surface area (Å²) in [6.45, 7) is 2.76. The zero-order chi connectivity index (χ0) is 19.9. The van der Waals surface area contributed by atoms with Crippen LogP contribution in [0.2, 0.25) is 0 Å². The number of fused-ring (bicyclic) bond motifs is 1. The van der Waals surface area contributed by atoms with Gasteiger partial charge in [0.15, 0.2) is 6.61 Å². The topological polar surface area (TPSA) is 67.9 Å². The van der Waals surface area contributed by atoms with E-state index in [-0.39, 0.29) is 18.4 Å². The Balaban J connectivity index is 1.61. The summed E-state index contributed by atoms with van der Waals surface area (Å²) in [5.74, 6) is 1.18. The number of nitrogens with one attached hydrogen (secondary N) is 1. The molecule has 28 heavy (non-hydrogen) atoms. The van der Waals surface area contributed by atoms with Crippen molar-refractivity contribution in [3.63, 3.8) is 0 Å². The Kier molecular flexibility index (Phi) is 6.53. The van der Waals surface area contributed by atoms with E-state index in [1.165, 1.54) is 0 Å². The van der Waals surface area contributed by atoms with Crippen LogP contribution in [0.15, 0.2) is 42.5 Å². The average molecular weight is 382 g/mol. The number of unbranched alkanes of at least 4 members (excludes halogenated alkanes) is 1. The molecule has 148 valence electrons.